The summed E-state index contributed by atoms with van der Waals surface area (Å²) in [6.07, 6.45) is -0.168. The molecule has 0 aliphatic heterocycles. The highest BCUT2D eigenvalue weighted by molar-refractivity contribution is 7.98. The standard InChI is InChI=1S/C9H10F3NOS/c1-15-5-4-13-3-2-7(6-13)8(14)9(10,11)12/h2-3,6H,4-5H2,1H3. The second-order valence-corrected chi connectivity index (χ2v) is 3.94. The van der Waals surface area contributed by atoms with Gasteiger partial charge in [-0.2, -0.15) is 24.9 Å². The summed E-state index contributed by atoms with van der Waals surface area (Å²) in [4.78, 5) is 10.8. The molecule has 0 bridgehead atoms. The molecule has 15 heavy (non-hydrogen) atoms. The van der Waals surface area contributed by atoms with Crippen LogP contribution in [0, 0.1) is 0 Å². The van der Waals surface area contributed by atoms with E-state index in [9.17, 15) is 18.0 Å². The van der Waals surface area contributed by atoms with Gasteiger partial charge in [0, 0.05) is 30.3 Å². The molecule has 0 atom stereocenters. The van der Waals surface area contributed by atoms with Crippen molar-refractivity contribution in [3.05, 3.63) is 24.0 Å². The lowest BCUT2D eigenvalue weighted by Crippen LogP contribution is -2.22. The van der Waals surface area contributed by atoms with Crippen LogP contribution in [0.4, 0.5) is 13.2 Å². The Morgan fingerprint density at radius 1 is 1.53 bits per heavy atom. The first-order valence-electron chi connectivity index (χ1n) is 4.21. The topological polar surface area (TPSA) is 22.0 Å². The third-order valence-electron chi connectivity index (χ3n) is 1.82. The Balaban J connectivity index is 2.72. The molecule has 0 aliphatic carbocycles. The number of Topliss-reactive ketones (excluding diaryl/α,β-unsaturated/α-hetero) is 1. The summed E-state index contributed by atoms with van der Waals surface area (Å²) >= 11 is 1.59. The maximum Gasteiger partial charge on any atom is 0.454 e. The van der Waals surface area contributed by atoms with E-state index in [2.05, 4.69) is 0 Å². The number of carbonyl (C=O) groups excluding carboxylic acids is 1. The number of thioether (sulfide) groups is 1. The predicted molar refractivity (Wildman–Crippen MR) is 53.2 cm³/mol. The molecule has 2 nitrogen and oxygen atoms in total. The Kier molecular flexibility index (Phi) is 3.84. The van der Waals surface area contributed by atoms with Crippen LogP contribution < -0.4 is 0 Å². The number of ketones is 1. The van der Waals surface area contributed by atoms with Crippen molar-refractivity contribution in [1.29, 1.82) is 0 Å². The zero-order chi connectivity index (χ0) is 11.5. The SMILES string of the molecule is CSCCn1ccc(C(=O)C(F)(F)F)c1. The molecule has 0 N–H and O–H groups in total. The number of aryl methyl sites for hydroxylation is 1. The number of hydrogen-bond donors (Lipinski definition) is 0. The fourth-order valence-electron chi connectivity index (χ4n) is 1.07. The molecule has 0 fully saturated rings. The van der Waals surface area contributed by atoms with E-state index in [0.717, 1.165) is 5.75 Å². The molecule has 0 aliphatic rings. The van der Waals surface area contributed by atoms with Gasteiger partial charge in [0.05, 0.1) is 0 Å². The van der Waals surface area contributed by atoms with Crippen molar-refractivity contribution in [2.45, 2.75) is 12.7 Å². The highest BCUT2D eigenvalue weighted by Crippen LogP contribution is 2.21. The van der Waals surface area contributed by atoms with Crippen molar-refractivity contribution in [3.63, 3.8) is 0 Å². The van der Waals surface area contributed by atoms with Gasteiger partial charge in [-0.3, -0.25) is 4.79 Å². The summed E-state index contributed by atoms with van der Waals surface area (Å²) in [5, 5.41) is 0. The van der Waals surface area contributed by atoms with Gasteiger partial charge in [0.1, 0.15) is 0 Å². The van der Waals surface area contributed by atoms with Gasteiger partial charge in [0.2, 0.25) is 0 Å². The second kappa shape index (κ2) is 4.74. The lowest BCUT2D eigenvalue weighted by Gasteiger charge is -2.02. The van der Waals surface area contributed by atoms with Crippen molar-refractivity contribution in [1.82, 2.24) is 4.57 Å². The number of alkyl halides is 3. The summed E-state index contributed by atoms with van der Waals surface area (Å²) in [6.45, 7) is 0.603. The largest absolute Gasteiger partial charge is 0.454 e. The van der Waals surface area contributed by atoms with E-state index in [-0.39, 0.29) is 5.56 Å². The monoisotopic (exact) mass is 237 g/mol. The van der Waals surface area contributed by atoms with Gasteiger partial charge in [-0.05, 0) is 12.3 Å². The molecule has 0 aromatic carbocycles. The van der Waals surface area contributed by atoms with Gasteiger partial charge in [0.25, 0.3) is 5.78 Å². The van der Waals surface area contributed by atoms with Crippen LogP contribution in [0.1, 0.15) is 10.4 Å². The second-order valence-electron chi connectivity index (χ2n) is 2.96. The average molecular weight is 237 g/mol. The Hall–Kier alpha value is -0.910. The number of halogens is 3. The van der Waals surface area contributed by atoms with Crippen LogP contribution in [0.3, 0.4) is 0 Å². The fraction of sp³-hybridized carbons (Fsp3) is 0.444. The molecule has 1 aromatic rings. The number of aromatic nitrogens is 1. The van der Waals surface area contributed by atoms with Gasteiger partial charge in [-0.1, -0.05) is 0 Å². The van der Waals surface area contributed by atoms with E-state index in [1.807, 2.05) is 6.26 Å². The Labute approximate surface area is 89.5 Å². The average Bonchev–Trinajstić information content (AvgIpc) is 2.60. The minimum Gasteiger partial charge on any atom is -0.353 e. The van der Waals surface area contributed by atoms with Gasteiger partial charge in [-0.25, -0.2) is 0 Å². The molecule has 6 heteroatoms. The predicted octanol–water partition coefficient (Wildman–Crippen LogP) is 2.60. The Morgan fingerprint density at radius 3 is 2.73 bits per heavy atom. The number of carbonyl (C=O) groups is 1. The third kappa shape index (κ3) is 3.30. The van der Waals surface area contributed by atoms with E-state index < -0.39 is 12.0 Å². The molecular formula is C9H10F3NOS. The maximum atomic E-state index is 12.0. The zero-order valence-electron chi connectivity index (χ0n) is 8.04. The minimum atomic E-state index is -4.79. The number of hydrogen-bond acceptors (Lipinski definition) is 2. The maximum absolute atomic E-state index is 12.0. The molecule has 0 spiro atoms. The van der Waals surface area contributed by atoms with E-state index in [1.165, 1.54) is 18.5 Å². The summed E-state index contributed by atoms with van der Waals surface area (Å²) in [5.41, 5.74) is -0.302. The summed E-state index contributed by atoms with van der Waals surface area (Å²) in [6, 6.07) is 1.19. The third-order valence-corrected chi connectivity index (χ3v) is 2.41. The fourth-order valence-corrected chi connectivity index (χ4v) is 1.47. The first-order valence-corrected chi connectivity index (χ1v) is 5.61. The molecule has 0 saturated carbocycles. The molecule has 0 unspecified atom stereocenters. The highest BCUT2D eigenvalue weighted by atomic mass is 32.2. The smallest absolute Gasteiger partial charge is 0.353 e. The van der Waals surface area contributed by atoms with Crippen LogP contribution >= 0.6 is 11.8 Å². The van der Waals surface area contributed by atoms with Gasteiger partial charge >= 0.3 is 6.18 Å². The first-order chi connectivity index (χ1) is 6.95. The van der Waals surface area contributed by atoms with Crippen molar-refractivity contribution in [2.24, 2.45) is 0 Å². The van der Waals surface area contributed by atoms with Crippen molar-refractivity contribution >= 4 is 17.5 Å². The molecule has 1 aromatic heterocycles. The van der Waals surface area contributed by atoms with Crippen LogP contribution in [0.2, 0.25) is 0 Å². The van der Waals surface area contributed by atoms with Crippen molar-refractivity contribution in [3.8, 4) is 0 Å². The molecule has 84 valence electrons. The molecule has 0 saturated heterocycles. The molecule has 1 heterocycles. The molecular weight excluding hydrogens is 227 g/mol. The zero-order valence-corrected chi connectivity index (χ0v) is 8.86. The number of rotatable bonds is 4. The molecule has 0 amide bonds. The highest BCUT2D eigenvalue weighted by Gasteiger charge is 2.39. The van der Waals surface area contributed by atoms with Gasteiger partial charge in [-0.15, -0.1) is 0 Å². The summed E-state index contributed by atoms with van der Waals surface area (Å²) in [7, 11) is 0. The van der Waals surface area contributed by atoms with E-state index in [0.29, 0.717) is 6.54 Å². The van der Waals surface area contributed by atoms with Gasteiger partial charge in [0.15, 0.2) is 0 Å². The van der Waals surface area contributed by atoms with Crippen LogP contribution in [-0.2, 0) is 6.54 Å². The van der Waals surface area contributed by atoms with E-state index >= 15 is 0 Å². The Bertz CT molecular complexity index is 345. The van der Waals surface area contributed by atoms with Crippen molar-refractivity contribution < 1.29 is 18.0 Å². The number of nitrogens with zero attached hydrogens (tertiary/aromatic N) is 1. The van der Waals surface area contributed by atoms with E-state index in [1.54, 1.807) is 16.3 Å². The van der Waals surface area contributed by atoms with Crippen molar-refractivity contribution in [2.75, 3.05) is 12.0 Å². The normalized spacial score (nSPS) is 11.7. The first kappa shape index (κ1) is 12.2. The summed E-state index contributed by atoms with van der Waals surface area (Å²) in [5.74, 6) is -0.987. The Morgan fingerprint density at radius 2 is 2.20 bits per heavy atom. The minimum absolute atomic E-state index is 0.302. The van der Waals surface area contributed by atoms with E-state index in [4.69, 9.17) is 0 Å². The van der Waals surface area contributed by atoms with Crippen LogP contribution in [0.15, 0.2) is 18.5 Å². The van der Waals surface area contributed by atoms with Crippen LogP contribution in [-0.4, -0.2) is 28.5 Å². The molecule has 0 radical (unpaired) electrons. The van der Waals surface area contributed by atoms with Gasteiger partial charge < -0.3 is 4.57 Å². The van der Waals surface area contributed by atoms with Crippen LogP contribution in [0.5, 0.6) is 0 Å². The lowest BCUT2D eigenvalue weighted by atomic mass is 10.2. The quantitative estimate of drug-likeness (QED) is 0.751. The molecule has 1 rings (SSSR count). The van der Waals surface area contributed by atoms with Crippen LogP contribution in [0.25, 0.3) is 0 Å². The lowest BCUT2D eigenvalue weighted by molar-refractivity contribution is -0.0885. The summed E-state index contributed by atoms with van der Waals surface area (Å²) < 4.78 is 37.7.